The first-order valence-electron chi connectivity index (χ1n) is 5.85. The zero-order chi connectivity index (χ0) is 13.0. The van der Waals surface area contributed by atoms with Gasteiger partial charge in [-0.05, 0) is 42.3 Å². The summed E-state index contributed by atoms with van der Waals surface area (Å²) in [7, 11) is 0. The lowest BCUT2D eigenvalue weighted by Gasteiger charge is -2.10. The number of hydrogen-bond donors (Lipinski definition) is 0. The second-order valence-corrected chi connectivity index (χ2v) is 3.95. The van der Waals surface area contributed by atoms with E-state index in [1.807, 2.05) is 31.2 Å². The molecule has 0 bridgehead atoms. The van der Waals surface area contributed by atoms with Crippen molar-refractivity contribution in [3.8, 4) is 5.75 Å². The van der Waals surface area contributed by atoms with Crippen LogP contribution >= 0.6 is 0 Å². The van der Waals surface area contributed by atoms with Gasteiger partial charge >= 0.3 is 0 Å². The predicted octanol–water partition coefficient (Wildman–Crippen LogP) is 3.95. The van der Waals surface area contributed by atoms with Crippen LogP contribution in [0.4, 0.5) is 8.78 Å². The average molecular weight is 248 g/mol. The Bertz CT molecular complexity index is 538. The van der Waals surface area contributed by atoms with E-state index >= 15 is 0 Å². The summed E-state index contributed by atoms with van der Waals surface area (Å²) in [6.45, 7) is 2.43. The molecule has 0 heterocycles. The van der Waals surface area contributed by atoms with Crippen molar-refractivity contribution >= 4 is 0 Å². The number of benzene rings is 2. The maximum Gasteiger partial charge on any atom is 0.126 e. The molecule has 18 heavy (non-hydrogen) atoms. The molecule has 0 aliphatic heterocycles. The zero-order valence-corrected chi connectivity index (χ0v) is 10.1. The molecule has 0 unspecified atom stereocenters. The summed E-state index contributed by atoms with van der Waals surface area (Å²) < 4.78 is 32.1. The van der Waals surface area contributed by atoms with Gasteiger partial charge in [0.25, 0.3) is 0 Å². The monoisotopic (exact) mass is 248 g/mol. The summed E-state index contributed by atoms with van der Waals surface area (Å²) in [5, 5.41) is 0. The molecule has 3 heteroatoms. The molecular formula is C15H14F2O. The van der Waals surface area contributed by atoms with Crippen LogP contribution in [-0.2, 0) is 6.42 Å². The summed E-state index contributed by atoms with van der Waals surface area (Å²) >= 11 is 0. The summed E-state index contributed by atoms with van der Waals surface area (Å²) in [5.74, 6) is -0.119. The largest absolute Gasteiger partial charge is 0.494 e. The maximum atomic E-state index is 13.6. The van der Waals surface area contributed by atoms with Gasteiger partial charge in [-0.25, -0.2) is 8.78 Å². The lowest BCUT2D eigenvalue weighted by atomic mass is 10.0. The molecule has 2 aromatic rings. The van der Waals surface area contributed by atoms with Gasteiger partial charge in [-0.15, -0.1) is 0 Å². The first-order valence-corrected chi connectivity index (χ1v) is 5.85. The highest BCUT2D eigenvalue weighted by molar-refractivity contribution is 5.38. The molecule has 0 amide bonds. The molecule has 94 valence electrons. The first kappa shape index (κ1) is 12.6. The van der Waals surface area contributed by atoms with E-state index in [1.54, 1.807) is 0 Å². The van der Waals surface area contributed by atoms with Crippen molar-refractivity contribution in [1.82, 2.24) is 0 Å². The standard InChI is InChI=1S/C15H14F2O/c1-2-18-15-6-4-3-5-11(15)9-12-10-13(16)7-8-14(12)17/h3-8,10H,2,9H2,1H3. The summed E-state index contributed by atoms with van der Waals surface area (Å²) in [4.78, 5) is 0. The van der Waals surface area contributed by atoms with E-state index in [1.165, 1.54) is 6.07 Å². The second kappa shape index (κ2) is 5.63. The van der Waals surface area contributed by atoms with Crippen molar-refractivity contribution in [2.75, 3.05) is 6.61 Å². The molecule has 0 atom stereocenters. The van der Waals surface area contributed by atoms with E-state index in [4.69, 9.17) is 4.74 Å². The van der Waals surface area contributed by atoms with Crippen LogP contribution in [0.3, 0.4) is 0 Å². The molecule has 2 aromatic carbocycles. The van der Waals surface area contributed by atoms with Gasteiger partial charge in [0, 0.05) is 6.42 Å². The Morgan fingerprint density at radius 1 is 1.00 bits per heavy atom. The van der Waals surface area contributed by atoms with Crippen LogP contribution in [0.2, 0.25) is 0 Å². The highest BCUT2D eigenvalue weighted by Gasteiger charge is 2.08. The fourth-order valence-corrected chi connectivity index (χ4v) is 1.83. The Labute approximate surface area is 105 Å². The van der Waals surface area contributed by atoms with Gasteiger partial charge in [0.05, 0.1) is 6.61 Å². The smallest absolute Gasteiger partial charge is 0.126 e. The fourth-order valence-electron chi connectivity index (χ4n) is 1.83. The SMILES string of the molecule is CCOc1ccccc1Cc1cc(F)ccc1F. The molecule has 0 aromatic heterocycles. The Kier molecular flexibility index (Phi) is 3.92. The number of hydrogen-bond acceptors (Lipinski definition) is 1. The first-order chi connectivity index (χ1) is 8.70. The molecule has 0 radical (unpaired) electrons. The van der Waals surface area contributed by atoms with Crippen molar-refractivity contribution in [3.63, 3.8) is 0 Å². The van der Waals surface area contributed by atoms with E-state index < -0.39 is 11.6 Å². The molecule has 0 saturated heterocycles. The molecule has 0 N–H and O–H groups in total. The minimum Gasteiger partial charge on any atom is -0.494 e. The Morgan fingerprint density at radius 3 is 2.56 bits per heavy atom. The number of para-hydroxylation sites is 1. The lowest BCUT2D eigenvalue weighted by molar-refractivity contribution is 0.337. The predicted molar refractivity (Wildman–Crippen MR) is 66.8 cm³/mol. The third-order valence-electron chi connectivity index (χ3n) is 2.66. The highest BCUT2D eigenvalue weighted by atomic mass is 19.1. The molecule has 0 fully saturated rings. The van der Waals surface area contributed by atoms with Crippen LogP contribution in [0.25, 0.3) is 0 Å². The Hall–Kier alpha value is -1.90. The molecule has 0 aliphatic rings. The molecule has 0 aliphatic carbocycles. The average Bonchev–Trinajstić information content (AvgIpc) is 2.36. The van der Waals surface area contributed by atoms with Gasteiger partial charge in [-0.1, -0.05) is 18.2 Å². The van der Waals surface area contributed by atoms with Gasteiger partial charge in [0.15, 0.2) is 0 Å². The van der Waals surface area contributed by atoms with Crippen LogP contribution in [0.5, 0.6) is 5.75 Å². The Morgan fingerprint density at radius 2 is 1.78 bits per heavy atom. The van der Waals surface area contributed by atoms with Crippen molar-refractivity contribution in [3.05, 3.63) is 65.2 Å². The van der Waals surface area contributed by atoms with Crippen LogP contribution in [0, 0.1) is 11.6 Å². The van der Waals surface area contributed by atoms with Gasteiger partial charge in [0.2, 0.25) is 0 Å². The van der Waals surface area contributed by atoms with Gasteiger partial charge < -0.3 is 4.74 Å². The summed E-state index contributed by atoms with van der Waals surface area (Å²) in [6, 6.07) is 10.9. The third kappa shape index (κ3) is 2.86. The molecule has 0 spiro atoms. The highest BCUT2D eigenvalue weighted by Crippen LogP contribution is 2.23. The van der Waals surface area contributed by atoms with Crippen LogP contribution in [-0.4, -0.2) is 6.61 Å². The van der Waals surface area contributed by atoms with Crippen molar-refractivity contribution < 1.29 is 13.5 Å². The van der Waals surface area contributed by atoms with Gasteiger partial charge in [-0.3, -0.25) is 0 Å². The van der Waals surface area contributed by atoms with E-state index in [-0.39, 0.29) is 0 Å². The van der Waals surface area contributed by atoms with E-state index in [0.717, 1.165) is 17.7 Å². The Balaban J connectivity index is 2.30. The number of halogens is 2. The fraction of sp³-hybridized carbons (Fsp3) is 0.200. The second-order valence-electron chi connectivity index (χ2n) is 3.95. The minimum absolute atomic E-state index is 0.319. The summed E-state index contributed by atoms with van der Waals surface area (Å²) in [5.41, 5.74) is 1.19. The van der Waals surface area contributed by atoms with Crippen LogP contribution in [0.15, 0.2) is 42.5 Å². The van der Waals surface area contributed by atoms with Gasteiger partial charge in [0.1, 0.15) is 17.4 Å². The topological polar surface area (TPSA) is 9.23 Å². The van der Waals surface area contributed by atoms with Crippen molar-refractivity contribution in [2.24, 2.45) is 0 Å². The number of ether oxygens (including phenoxy) is 1. The van der Waals surface area contributed by atoms with E-state index in [9.17, 15) is 8.78 Å². The normalized spacial score (nSPS) is 10.4. The maximum absolute atomic E-state index is 13.6. The molecule has 1 nitrogen and oxygen atoms in total. The number of rotatable bonds is 4. The van der Waals surface area contributed by atoms with Crippen LogP contribution < -0.4 is 4.74 Å². The summed E-state index contributed by atoms with van der Waals surface area (Å²) in [6.07, 6.45) is 0.319. The lowest BCUT2D eigenvalue weighted by Crippen LogP contribution is -1.99. The van der Waals surface area contributed by atoms with E-state index in [0.29, 0.717) is 24.3 Å². The molecular weight excluding hydrogens is 234 g/mol. The molecule has 2 rings (SSSR count). The van der Waals surface area contributed by atoms with Crippen molar-refractivity contribution in [2.45, 2.75) is 13.3 Å². The van der Waals surface area contributed by atoms with Crippen LogP contribution in [0.1, 0.15) is 18.1 Å². The zero-order valence-electron chi connectivity index (χ0n) is 10.1. The van der Waals surface area contributed by atoms with Crippen molar-refractivity contribution in [1.29, 1.82) is 0 Å². The van der Waals surface area contributed by atoms with Gasteiger partial charge in [-0.2, -0.15) is 0 Å². The van der Waals surface area contributed by atoms with E-state index in [2.05, 4.69) is 0 Å². The third-order valence-corrected chi connectivity index (χ3v) is 2.66. The quantitative estimate of drug-likeness (QED) is 0.796. The molecule has 0 saturated carbocycles. The minimum atomic E-state index is -0.430.